The Morgan fingerprint density at radius 2 is 1.92 bits per heavy atom. The van der Waals surface area contributed by atoms with Gasteiger partial charge in [-0.1, -0.05) is 20.8 Å². The first kappa shape index (κ1) is 20.6. The predicted octanol–water partition coefficient (Wildman–Crippen LogP) is 1.65. The largest absolute Gasteiger partial charge is 0.480 e. The van der Waals surface area contributed by atoms with Gasteiger partial charge in [0.15, 0.2) is 0 Å². The molecule has 2 N–H and O–H groups in total. The van der Waals surface area contributed by atoms with Crippen LogP contribution in [0.1, 0.15) is 39.5 Å². The number of rotatable bonds is 7. The maximum absolute atomic E-state index is 12.9. The van der Waals surface area contributed by atoms with Crippen molar-refractivity contribution in [2.75, 3.05) is 13.1 Å². The molecule has 7 nitrogen and oxygen atoms in total. The van der Waals surface area contributed by atoms with Crippen molar-refractivity contribution >= 4 is 33.2 Å². The van der Waals surface area contributed by atoms with Crippen LogP contribution in [0.25, 0.3) is 0 Å². The van der Waals surface area contributed by atoms with Crippen molar-refractivity contribution in [1.82, 2.24) is 9.62 Å². The summed E-state index contributed by atoms with van der Waals surface area (Å²) in [6, 6.07) is 2.01. The number of nitrogens with one attached hydrogen (secondary N) is 1. The quantitative estimate of drug-likeness (QED) is 0.753. The molecule has 1 heterocycles. The summed E-state index contributed by atoms with van der Waals surface area (Å²) in [6.07, 6.45) is 0. The highest BCUT2D eigenvalue weighted by Gasteiger charge is 2.34. The van der Waals surface area contributed by atoms with Gasteiger partial charge in [-0.25, -0.2) is 8.42 Å². The Balaban J connectivity index is 3.16. The van der Waals surface area contributed by atoms with Crippen LogP contribution in [0.3, 0.4) is 0 Å². The maximum atomic E-state index is 12.9. The molecule has 0 spiro atoms. The molecular weight excluding hydrogens is 352 g/mol. The third-order valence-electron chi connectivity index (χ3n) is 3.38. The predicted molar refractivity (Wildman–Crippen MR) is 92.7 cm³/mol. The van der Waals surface area contributed by atoms with Gasteiger partial charge in [0.2, 0.25) is 5.91 Å². The Kier molecular flexibility index (Phi) is 6.54. The molecule has 1 atom stereocenters. The minimum Gasteiger partial charge on any atom is -0.480 e. The summed E-state index contributed by atoms with van der Waals surface area (Å²) in [5.74, 6) is -1.55. The van der Waals surface area contributed by atoms with Crippen LogP contribution in [0.15, 0.2) is 16.3 Å². The molecule has 0 aliphatic heterocycles. The SMILES string of the molecule is CC(=O)NCCN(C(C)C(=O)O)S(=O)(=O)c1ccc(C(C)(C)C)s1. The summed E-state index contributed by atoms with van der Waals surface area (Å²) in [5, 5.41) is 11.7. The summed E-state index contributed by atoms with van der Waals surface area (Å²) < 4.78 is 26.7. The van der Waals surface area contributed by atoms with Gasteiger partial charge in [0, 0.05) is 24.9 Å². The molecule has 136 valence electrons. The summed E-state index contributed by atoms with van der Waals surface area (Å²) in [5.41, 5.74) is -0.197. The number of sulfonamides is 1. The molecule has 0 saturated carbocycles. The first-order valence-corrected chi connectivity index (χ1v) is 9.72. The lowest BCUT2D eigenvalue weighted by Crippen LogP contribution is -2.46. The van der Waals surface area contributed by atoms with Crippen molar-refractivity contribution in [2.24, 2.45) is 0 Å². The van der Waals surface area contributed by atoms with Crippen molar-refractivity contribution in [1.29, 1.82) is 0 Å². The molecule has 1 aromatic heterocycles. The van der Waals surface area contributed by atoms with Crippen molar-refractivity contribution in [2.45, 2.75) is 50.3 Å². The Bertz CT molecular complexity index is 704. The average Bonchev–Trinajstić information content (AvgIpc) is 2.92. The highest BCUT2D eigenvalue weighted by atomic mass is 32.2. The number of carbonyl (C=O) groups excluding carboxylic acids is 1. The second-order valence-electron chi connectivity index (χ2n) is 6.48. The summed E-state index contributed by atoms with van der Waals surface area (Å²) in [7, 11) is -3.96. The Labute approximate surface area is 146 Å². The minimum absolute atomic E-state index is 0.0453. The first-order valence-electron chi connectivity index (χ1n) is 7.46. The number of nitrogens with zero attached hydrogens (tertiary/aromatic N) is 1. The van der Waals surface area contributed by atoms with Gasteiger partial charge in [-0.3, -0.25) is 9.59 Å². The van der Waals surface area contributed by atoms with Crippen LogP contribution >= 0.6 is 11.3 Å². The van der Waals surface area contributed by atoms with E-state index < -0.39 is 22.0 Å². The number of amides is 1. The van der Waals surface area contributed by atoms with Crippen molar-refractivity contribution in [3.63, 3.8) is 0 Å². The van der Waals surface area contributed by atoms with Crippen molar-refractivity contribution in [3.05, 3.63) is 17.0 Å². The monoisotopic (exact) mass is 376 g/mol. The van der Waals surface area contributed by atoms with E-state index in [-0.39, 0.29) is 28.6 Å². The van der Waals surface area contributed by atoms with Crippen LogP contribution in [-0.4, -0.2) is 48.8 Å². The van der Waals surface area contributed by atoms with Crippen LogP contribution in [-0.2, 0) is 25.0 Å². The fraction of sp³-hybridized carbons (Fsp3) is 0.600. The smallest absolute Gasteiger partial charge is 0.321 e. The normalized spacial score (nSPS) is 13.8. The van der Waals surface area contributed by atoms with E-state index in [1.54, 1.807) is 6.07 Å². The van der Waals surface area contributed by atoms with Gasteiger partial charge in [0.1, 0.15) is 10.3 Å². The fourth-order valence-electron chi connectivity index (χ4n) is 1.96. The molecule has 9 heteroatoms. The lowest BCUT2D eigenvalue weighted by molar-refractivity contribution is -0.140. The first-order chi connectivity index (χ1) is 10.9. The van der Waals surface area contributed by atoms with E-state index in [1.165, 1.54) is 19.9 Å². The highest BCUT2D eigenvalue weighted by molar-refractivity contribution is 7.91. The molecule has 1 unspecified atom stereocenters. The van der Waals surface area contributed by atoms with Crippen LogP contribution in [0, 0.1) is 0 Å². The molecule has 0 bridgehead atoms. The molecule has 0 fully saturated rings. The standard InChI is InChI=1S/C15H24N2O5S2/c1-10(14(19)20)17(9-8-16-11(2)18)24(21,22)13-7-6-12(23-13)15(3,4)5/h6-7,10H,8-9H2,1-5H3,(H,16,18)(H,19,20). The molecule has 0 aliphatic rings. The molecule has 0 aliphatic carbocycles. The highest BCUT2D eigenvalue weighted by Crippen LogP contribution is 2.33. The van der Waals surface area contributed by atoms with Gasteiger partial charge in [0.05, 0.1) is 0 Å². The molecule has 0 aromatic carbocycles. The van der Waals surface area contributed by atoms with Crippen molar-refractivity contribution in [3.8, 4) is 0 Å². The Morgan fingerprint density at radius 3 is 2.33 bits per heavy atom. The third-order valence-corrected chi connectivity index (χ3v) is 7.33. The minimum atomic E-state index is -3.96. The number of hydrogen-bond acceptors (Lipinski definition) is 5. The maximum Gasteiger partial charge on any atom is 0.321 e. The van der Waals surface area contributed by atoms with Gasteiger partial charge in [0.25, 0.3) is 10.0 Å². The number of thiophene rings is 1. The van der Waals surface area contributed by atoms with E-state index in [1.807, 2.05) is 20.8 Å². The van der Waals surface area contributed by atoms with E-state index in [0.29, 0.717) is 0 Å². The number of carboxylic acid groups (broad SMARTS) is 1. The lowest BCUT2D eigenvalue weighted by Gasteiger charge is -2.25. The Morgan fingerprint density at radius 1 is 1.33 bits per heavy atom. The molecular formula is C15H24N2O5S2. The average molecular weight is 377 g/mol. The molecule has 0 radical (unpaired) electrons. The van der Waals surface area contributed by atoms with E-state index in [4.69, 9.17) is 0 Å². The van der Waals surface area contributed by atoms with Crippen LogP contribution in [0.2, 0.25) is 0 Å². The second kappa shape index (κ2) is 7.62. The third kappa shape index (κ3) is 5.02. The van der Waals surface area contributed by atoms with E-state index in [2.05, 4.69) is 5.32 Å². The zero-order valence-electron chi connectivity index (χ0n) is 14.5. The van der Waals surface area contributed by atoms with Gasteiger partial charge in [-0.15, -0.1) is 11.3 Å². The van der Waals surface area contributed by atoms with Crippen LogP contribution in [0.4, 0.5) is 0 Å². The Hall–Kier alpha value is -1.45. The second-order valence-corrected chi connectivity index (χ2v) is 9.68. The van der Waals surface area contributed by atoms with E-state index in [0.717, 1.165) is 20.5 Å². The molecule has 0 saturated heterocycles. The number of carbonyl (C=O) groups is 2. The van der Waals surface area contributed by atoms with Gasteiger partial charge in [-0.05, 0) is 24.5 Å². The number of carboxylic acids is 1. The van der Waals surface area contributed by atoms with Gasteiger partial charge < -0.3 is 10.4 Å². The molecule has 1 rings (SSSR count). The van der Waals surface area contributed by atoms with E-state index in [9.17, 15) is 23.1 Å². The van der Waals surface area contributed by atoms with Crippen LogP contribution in [0.5, 0.6) is 0 Å². The molecule has 1 aromatic rings. The number of hydrogen-bond donors (Lipinski definition) is 2. The zero-order valence-corrected chi connectivity index (χ0v) is 16.1. The van der Waals surface area contributed by atoms with Gasteiger partial charge in [-0.2, -0.15) is 4.31 Å². The fourth-order valence-corrected chi connectivity index (χ4v) is 5.05. The lowest BCUT2D eigenvalue weighted by atomic mass is 9.95. The van der Waals surface area contributed by atoms with Crippen LogP contribution < -0.4 is 5.32 Å². The van der Waals surface area contributed by atoms with Crippen molar-refractivity contribution < 1.29 is 23.1 Å². The van der Waals surface area contributed by atoms with Gasteiger partial charge >= 0.3 is 5.97 Å². The molecule has 24 heavy (non-hydrogen) atoms. The number of aliphatic carboxylic acids is 1. The summed E-state index contributed by atoms with van der Waals surface area (Å²) in [4.78, 5) is 23.2. The topological polar surface area (TPSA) is 104 Å². The zero-order chi connectivity index (χ0) is 18.7. The summed E-state index contributed by atoms with van der Waals surface area (Å²) >= 11 is 1.13. The molecule has 1 amide bonds. The summed E-state index contributed by atoms with van der Waals surface area (Å²) in [6.45, 7) is 8.49. The van der Waals surface area contributed by atoms with E-state index >= 15 is 0 Å².